The first-order chi connectivity index (χ1) is 10.1. The fourth-order valence-corrected chi connectivity index (χ4v) is 2.97. The van der Waals surface area contributed by atoms with Crippen molar-refractivity contribution in [1.29, 1.82) is 0 Å². The van der Waals surface area contributed by atoms with Crippen molar-refractivity contribution in [3.8, 4) is 0 Å². The molecule has 2 unspecified atom stereocenters. The molecule has 0 aliphatic carbocycles. The van der Waals surface area contributed by atoms with E-state index in [9.17, 15) is 4.79 Å². The summed E-state index contributed by atoms with van der Waals surface area (Å²) in [7, 11) is 0. The lowest BCUT2D eigenvalue weighted by atomic mass is 9.89. The van der Waals surface area contributed by atoms with Crippen molar-refractivity contribution in [2.75, 3.05) is 25.0 Å². The summed E-state index contributed by atoms with van der Waals surface area (Å²) in [5, 5.41) is 6.52. The zero-order valence-electron chi connectivity index (χ0n) is 13.0. The SMILES string of the molecule is CCC1CCN(CCC(=O)Nc2cc(C)on2)C(CN)C1. The van der Waals surface area contributed by atoms with E-state index in [0.717, 1.165) is 25.4 Å². The van der Waals surface area contributed by atoms with E-state index in [1.165, 1.54) is 12.8 Å². The van der Waals surface area contributed by atoms with Gasteiger partial charge in [0.25, 0.3) is 0 Å². The number of nitrogens with two attached hydrogens (primary N) is 1. The van der Waals surface area contributed by atoms with Gasteiger partial charge in [0, 0.05) is 31.6 Å². The summed E-state index contributed by atoms with van der Waals surface area (Å²) < 4.78 is 4.93. The minimum absolute atomic E-state index is 0.0308. The summed E-state index contributed by atoms with van der Waals surface area (Å²) in [6, 6.07) is 2.12. The highest BCUT2D eigenvalue weighted by Crippen LogP contribution is 2.24. The molecular formula is C15H26N4O2. The minimum Gasteiger partial charge on any atom is -0.360 e. The van der Waals surface area contributed by atoms with E-state index < -0.39 is 0 Å². The largest absolute Gasteiger partial charge is 0.360 e. The summed E-state index contributed by atoms with van der Waals surface area (Å²) in [5.74, 6) is 1.92. The molecule has 0 aromatic carbocycles. The molecule has 2 heterocycles. The van der Waals surface area contributed by atoms with Gasteiger partial charge < -0.3 is 15.6 Å². The maximum Gasteiger partial charge on any atom is 0.226 e. The first-order valence-corrected chi connectivity index (χ1v) is 7.79. The second kappa shape index (κ2) is 7.56. The predicted octanol–water partition coefficient (Wildman–Crippen LogP) is 1.76. The van der Waals surface area contributed by atoms with Crippen LogP contribution in [0, 0.1) is 12.8 Å². The van der Waals surface area contributed by atoms with Crippen molar-refractivity contribution in [2.45, 2.75) is 45.6 Å². The van der Waals surface area contributed by atoms with Crippen LogP contribution in [0.25, 0.3) is 0 Å². The van der Waals surface area contributed by atoms with Gasteiger partial charge in [-0.1, -0.05) is 18.5 Å². The molecule has 6 heteroatoms. The van der Waals surface area contributed by atoms with Gasteiger partial charge in [0.05, 0.1) is 0 Å². The number of anilines is 1. The first-order valence-electron chi connectivity index (χ1n) is 7.79. The lowest BCUT2D eigenvalue weighted by molar-refractivity contribution is -0.116. The molecule has 0 bridgehead atoms. The Morgan fingerprint density at radius 2 is 2.43 bits per heavy atom. The zero-order valence-corrected chi connectivity index (χ0v) is 13.0. The van der Waals surface area contributed by atoms with Gasteiger partial charge in [0.15, 0.2) is 5.82 Å². The highest BCUT2D eigenvalue weighted by molar-refractivity contribution is 5.89. The number of amides is 1. The monoisotopic (exact) mass is 294 g/mol. The average molecular weight is 294 g/mol. The Labute approximate surface area is 126 Å². The van der Waals surface area contributed by atoms with Gasteiger partial charge in [0.1, 0.15) is 5.76 Å². The lowest BCUT2D eigenvalue weighted by Gasteiger charge is -2.38. The average Bonchev–Trinajstić information content (AvgIpc) is 2.90. The number of likely N-dealkylation sites (tertiary alicyclic amines) is 1. The van der Waals surface area contributed by atoms with E-state index in [0.29, 0.717) is 30.6 Å². The second-order valence-corrected chi connectivity index (χ2v) is 5.85. The Hall–Kier alpha value is -1.40. The van der Waals surface area contributed by atoms with Gasteiger partial charge in [0.2, 0.25) is 5.91 Å². The number of carbonyl (C=O) groups is 1. The number of nitrogens with zero attached hydrogens (tertiary/aromatic N) is 2. The van der Waals surface area contributed by atoms with Crippen molar-refractivity contribution in [3.63, 3.8) is 0 Å². The Bertz CT molecular complexity index is 460. The highest BCUT2D eigenvalue weighted by atomic mass is 16.5. The molecule has 1 saturated heterocycles. The molecule has 1 aliphatic rings. The molecule has 21 heavy (non-hydrogen) atoms. The number of hydrogen-bond donors (Lipinski definition) is 2. The van der Waals surface area contributed by atoms with Crippen molar-refractivity contribution in [2.24, 2.45) is 11.7 Å². The number of aryl methyl sites for hydroxylation is 1. The van der Waals surface area contributed by atoms with E-state index in [2.05, 4.69) is 22.3 Å². The van der Waals surface area contributed by atoms with Gasteiger partial charge in [-0.2, -0.15) is 0 Å². The van der Waals surface area contributed by atoms with E-state index in [1.807, 2.05) is 0 Å². The van der Waals surface area contributed by atoms with Crippen molar-refractivity contribution in [1.82, 2.24) is 10.1 Å². The molecule has 1 aliphatic heterocycles. The Morgan fingerprint density at radius 1 is 1.62 bits per heavy atom. The van der Waals surface area contributed by atoms with Gasteiger partial charge >= 0.3 is 0 Å². The normalized spacial score (nSPS) is 23.2. The number of aromatic nitrogens is 1. The number of piperidine rings is 1. The van der Waals surface area contributed by atoms with Crippen molar-refractivity contribution >= 4 is 11.7 Å². The number of rotatable bonds is 6. The zero-order chi connectivity index (χ0) is 15.2. The van der Waals surface area contributed by atoms with E-state index in [-0.39, 0.29) is 5.91 Å². The van der Waals surface area contributed by atoms with Crippen LogP contribution in [-0.2, 0) is 4.79 Å². The fraction of sp³-hybridized carbons (Fsp3) is 0.733. The quantitative estimate of drug-likeness (QED) is 0.835. The molecule has 1 aromatic heterocycles. The van der Waals surface area contributed by atoms with Gasteiger partial charge in [-0.15, -0.1) is 0 Å². The number of hydrogen-bond acceptors (Lipinski definition) is 5. The van der Waals surface area contributed by atoms with E-state index in [1.54, 1.807) is 13.0 Å². The van der Waals surface area contributed by atoms with Crippen LogP contribution < -0.4 is 11.1 Å². The highest BCUT2D eigenvalue weighted by Gasteiger charge is 2.26. The third-order valence-corrected chi connectivity index (χ3v) is 4.32. The maximum atomic E-state index is 11.9. The molecule has 1 aromatic rings. The van der Waals surface area contributed by atoms with Crippen LogP contribution in [-0.4, -0.2) is 41.6 Å². The third kappa shape index (κ3) is 4.54. The van der Waals surface area contributed by atoms with E-state index in [4.69, 9.17) is 10.3 Å². The summed E-state index contributed by atoms with van der Waals surface area (Å²) in [6.45, 7) is 6.49. The Kier molecular flexibility index (Phi) is 5.76. The molecule has 3 N–H and O–H groups in total. The van der Waals surface area contributed by atoms with Crippen LogP contribution in [0.2, 0.25) is 0 Å². The van der Waals surface area contributed by atoms with Crippen molar-refractivity contribution < 1.29 is 9.32 Å². The topological polar surface area (TPSA) is 84.4 Å². The fourth-order valence-electron chi connectivity index (χ4n) is 2.97. The van der Waals surface area contributed by atoms with E-state index >= 15 is 0 Å². The lowest BCUT2D eigenvalue weighted by Crippen LogP contribution is -2.47. The predicted molar refractivity (Wildman–Crippen MR) is 81.9 cm³/mol. The van der Waals surface area contributed by atoms with Gasteiger partial charge in [-0.3, -0.25) is 9.69 Å². The maximum absolute atomic E-state index is 11.9. The third-order valence-electron chi connectivity index (χ3n) is 4.32. The number of carbonyl (C=O) groups excluding carboxylic acids is 1. The van der Waals surface area contributed by atoms with Gasteiger partial charge in [-0.25, -0.2) is 0 Å². The van der Waals surface area contributed by atoms with Crippen LogP contribution in [0.3, 0.4) is 0 Å². The summed E-state index contributed by atoms with van der Waals surface area (Å²) in [4.78, 5) is 14.3. The van der Waals surface area contributed by atoms with Crippen LogP contribution in [0.4, 0.5) is 5.82 Å². The summed E-state index contributed by atoms with van der Waals surface area (Å²) in [5.41, 5.74) is 5.88. The first kappa shape index (κ1) is 16.0. The van der Waals surface area contributed by atoms with Crippen LogP contribution in [0.5, 0.6) is 0 Å². The molecule has 0 spiro atoms. The Morgan fingerprint density at radius 3 is 3.05 bits per heavy atom. The van der Waals surface area contributed by atoms with Crippen LogP contribution in [0.15, 0.2) is 10.6 Å². The summed E-state index contributed by atoms with van der Waals surface area (Å²) >= 11 is 0. The van der Waals surface area contributed by atoms with Crippen molar-refractivity contribution in [3.05, 3.63) is 11.8 Å². The second-order valence-electron chi connectivity index (χ2n) is 5.85. The molecule has 0 saturated carbocycles. The van der Waals surface area contributed by atoms with Crippen LogP contribution in [0.1, 0.15) is 38.4 Å². The molecule has 2 atom stereocenters. The molecule has 2 rings (SSSR count). The molecular weight excluding hydrogens is 268 g/mol. The van der Waals surface area contributed by atoms with Gasteiger partial charge in [-0.05, 0) is 32.2 Å². The minimum atomic E-state index is -0.0308. The molecule has 6 nitrogen and oxygen atoms in total. The standard InChI is InChI=1S/C15H26N4O2/c1-3-12-4-6-19(13(9-12)10-16)7-5-15(20)17-14-8-11(2)21-18-14/h8,12-13H,3-7,9-10,16H2,1-2H3,(H,17,18,20). The Balaban J connectivity index is 1.77. The van der Waals surface area contributed by atoms with Crippen LogP contribution >= 0.6 is 0 Å². The molecule has 1 amide bonds. The smallest absolute Gasteiger partial charge is 0.226 e. The summed E-state index contributed by atoms with van der Waals surface area (Å²) in [6.07, 6.45) is 4.03. The molecule has 1 fully saturated rings. The molecule has 118 valence electrons. The number of nitrogens with one attached hydrogen (secondary N) is 1. The molecule has 0 radical (unpaired) electrons.